The van der Waals surface area contributed by atoms with E-state index in [2.05, 4.69) is 31.0 Å². The molecule has 0 spiro atoms. The second kappa shape index (κ2) is 7.67. The molecule has 0 heterocycles. The lowest BCUT2D eigenvalue weighted by Gasteiger charge is -2.33. The SMILES string of the molecule is CCCNC(C)(CN(C)CC(C)C)C(=O)OC. The molecule has 0 aromatic carbocycles. The molecule has 0 aliphatic rings. The van der Waals surface area contributed by atoms with E-state index in [1.165, 1.54) is 7.11 Å². The highest BCUT2D eigenvalue weighted by Crippen LogP contribution is 2.10. The first kappa shape index (κ1) is 16.4. The summed E-state index contributed by atoms with van der Waals surface area (Å²) in [5.41, 5.74) is -0.617. The predicted octanol–water partition coefficient (Wildman–Crippen LogP) is 1.51. The molecule has 4 nitrogen and oxygen atoms in total. The Morgan fingerprint density at radius 3 is 2.47 bits per heavy atom. The average molecular weight is 244 g/mol. The van der Waals surface area contributed by atoms with E-state index in [0.717, 1.165) is 19.5 Å². The lowest BCUT2D eigenvalue weighted by molar-refractivity contribution is -0.148. The molecule has 17 heavy (non-hydrogen) atoms. The van der Waals surface area contributed by atoms with Gasteiger partial charge >= 0.3 is 5.97 Å². The van der Waals surface area contributed by atoms with Gasteiger partial charge < -0.3 is 15.0 Å². The number of nitrogens with zero attached hydrogens (tertiary/aromatic N) is 1. The van der Waals surface area contributed by atoms with Crippen LogP contribution in [0.5, 0.6) is 0 Å². The third-order valence-electron chi connectivity index (χ3n) is 2.66. The zero-order valence-electron chi connectivity index (χ0n) is 12.2. The van der Waals surface area contributed by atoms with Gasteiger partial charge in [-0.1, -0.05) is 20.8 Å². The molecule has 0 aromatic rings. The molecule has 0 aliphatic heterocycles. The fourth-order valence-electron chi connectivity index (χ4n) is 2.05. The van der Waals surface area contributed by atoms with E-state index >= 15 is 0 Å². The number of methoxy groups -OCH3 is 1. The number of esters is 1. The van der Waals surface area contributed by atoms with E-state index in [4.69, 9.17) is 4.74 Å². The maximum atomic E-state index is 11.8. The summed E-state index contributed by atoms with van der Waals surface area (Å²) in [5.74, 6) is 0.398. The molecule has 0 amide bonds. The molecule has 0 rings (SSSR count). The van der Waals surface area contributed by atoms with Crippen molar-refractivity contribution in [3.63, 3.8) is 0 Å². The number of nitrogens with one attached hydrogen (secondary N) is 1. The maximum Gasteiger partial charge on any atom is 0.327 e. The monoisotopic (exact) mass is 244 g/mol. The number of likely N-dealkylation sites (N-methyl/N-ethyl adjacent to an activating group) is 1. The first-order valence-corrected chi connectivity index (χ1v) is 6.37. The molecule has 1 atom stereocenters. The molecule has 0 fully saturated rings. The van der Waals surface area contributed by atoms with Crippen LogP contribution in [0.1, 0.15) is 34.1 Å². The van der Waals surface area contributed by atoms with Gasteiger partial charge in [-0.05, 0) is 32.9 Å². The van der Waals surface area contributed by atoms with Gasteiger partial charge in [0.2, 0.25) is 0 Å². The van der Waals surface area contributed by atoms with Crippen LogP contribution in [0.25, 0.3) is 0 Å². The highest BCUT2D eigenvalue weighted by molar-refractivity contribution is 5.80. The Morgan fingerprint density at radius 2 is 2.06 bits per heavy atom. The summed E-state index contributed by atoms with van der Waals surface area (Å²) in [5, 5.41) is 3.28. The third-order valence-corrected chi connectivity index (χ3v) is 2.66. The molecule has 0 saturated carbocycles. The summed E-state index contributed by atoms with van der Waals surface area (Å²) in [7, 11) is 3.48. The van der Waals surface area contributed by atoms with E-state index in [9.17, 15) is 4.79 Å². The van der Waals surface area contributed by atoms with Gasteiger partial charge in [-0.25, -0.2) is 0 Å². The van der Waals surface area contributed by atoms with E-state index < -0.39 is 5.54 Å². The highest BCUT2D eigenvalue weighted by atomic mass is 16.5. The minimum absolute atomic E-state index is 0.193. The van der Waals surface area contributed by atoms with Crippen molar-refractivity contribution in [1.29, 1.82) is 0 Å². The summed E-state index contributed by atoms with van der Waals surface area (Å²) in [6.07, 6.45) is 1.00. The summed E-state index contributed by atoms with van der Waals surface area (Å²) >= 11 is 0. The Hall–Kier alpha value is -0.610. The standard InChI is InChI=1S/C13H28N2O2/c1-7-8-14-13(4,12(16)17-6)10-15(5)9-11(2)3/h11,14H,7-10H2,1-6H3. The van der Waals surface area contributed by atoms with Crippen LogP contribution in [-0.4, -0.2) is 50.2 Å². The van der Waals surface area contributed by atoms with Crippen molar-refractivity contribution in [2.24, 2.45) is 5.92 Å². The number of hydrogen-bond donors (Lipinski definition) is 1. The summed E-state index contributed by atoms with van der Waals surface area (Å²) in [6.45, 7) is 10.8. The molecule has 0 aliphatic carbocycles. The average Bonchev–Trinajstić information content (AvgIpc) is 2.23. The van der Waals surface area contributed by atoms with Crippen molar-refractivity contribution in [2.45, 2.75) is 39.7 Å². The van der Waals surface area contributed by atoms with E-state index in [0.29, 0.717) is 12.5 Å². The van der Waals surface area contributed by atoms with Gasteiger partial charge in [0.1, 0.15) is 5.54 Å². The number of ether oxygens (including phenoxy) is 1. The van der Waals surface area contributed by atoms with Crippen molar-refractivity contribution < 1.29 is 9.53 Å². The van der Waals surface area contributed by atoms with Crippen LogP contribution >= 0.6 is 0 Å². The number of carbonyl (C=O) groups is 1. The molecular weight excluding hydrogens is 216 g/mol. The second-order valence-corrected chi connectivity index (χ2v) is 5.34. The zero-order valence-corrected chi connectivity index (χ0v) is 12.2. The minimum atomic E-state index is -0.617. The van der Waals surface area contributed by atoms with Gasteiger partial charge in [0.05, 0.1) is 7.11 Å². The molecule has 0 radical (unpaired) electrons. The number of rotatable bonds is 8. The fraction of sp³-hybridized carbons (Fsp3) is 0.923. The first-order chi connectivity index (χ1) is 7.85. The third kappa shape index (κ3) is 6.03. The highest BCUT2D eigenvalue weighted by Gasteiger charge is 2.34. The van der Waals surface area contributed by atoms with Crippen molar-refractivity contribution in [3.8, 4) is 0 Å². The molecule has 1 N–H and O–H groups in total. The lowest BCUT2D eigenvalue weighted by Crippen LogP contribution is -2.57. The van der Waals surface area contributed by atoms with Gasteiger partial charge in [-0.2, -0.15) is 0 Å². The first-order valence-electron chi connectivity index (χ1n) is 6.37. The number of hydrogen-bond acceptors (Lipinski definition) is 4. The molecule has 4 heteroatoms. The Morgan fingerprint density at radius 1 is 1.47 bits per heavy atom. The van der Waals surface area contributed by atoms with Crippen molar-refractivity contribution in [3.05, 3.63) is 0 Å². The van der Waals surface area contributed by atoms with Crippen molar-refractivity contribution >= 4 is 5.97 Å². The van der Waals surface area contributed by atoms with Crippen LogP contribution in [-0.2, 0) is 9.53 Å². The fourth-order valence-corrected chi connectivity index (χ4v) is 2.05. The summed E-state index contributed by atoms with van der Waals surface area (Å²) in [6, 6.07) is 0. The van der Waals surface area contributed by atoms with Crippen LogP contribution in [0.4, 0.5) is 0 Å². The lowest BCUT2D eigenvalue weighted by atomic mass is 10.0. The van der Waals surface area contributed by atoms with Crippen LogP contribution in [0.2, 0.25) is 0 Å². The second-order valence-electron chi connectivity index (χ2n) is 5.34. The molecule has 1 unspecified atom stereocenters. The molecule has 0 aromatic heterocycles. The Kier molecular flexibility index (Phi) is 7.39. The Balaban J connectivity index is 4.52. The predicted molar refractivity (Wildman–Crippen MR) is 71.0 cm³/mol. The maximum absolute atomic E-state index is 11.8. The van der Waals surface area contributed by atoms with E-state index in [1.54, 1.807) is 0 Å². The van der Waals surface area contributed by atoms with Crippen LogP contribution in [0.15, 0.2) is 0 Å². The van der Waals surface area contributed by atoms with Gasteiger partial charge in [-0.15, -0.1) is 0 Å². The van der Waals surface area contributed by atoms with Crippen LogP contribution in [0.3, 0.4) is 0 Å². The van der Waals surface area contributed by atoms with Crippen LogP contribution in [0, 0.1) is 5.92 Å². The number of carbonyl (C=O) groups excluding carboxylic acids is 1. The Labute approximate surface area is 106 Å². The van der Waals surface area contributed by atoms with Gasteiger partial charge in [-0.3, -0.25) is 4.79 Å². The molecule has 0 saturated heterocycles. The van der Waals surface area contributed by atoms with Crippen molar-refractivity contribution in [2.75, 3.05) is 33.8 Å². The topological polar surface area (TPSA) is 41.6 Å². The molecule has 102 valence electrons. The smallest absolute Gasteiger partial charge is 0.327 e. The minimum Gasteiger partial charge on any atom is -0.468 e. The zero-order chi connectivity index (χ0) is 13.5. The van der Waals surface area contributed by atoms with E-state index in [-0.39, 0.29) is 5.97 Å². The Bertz CT molecular complexity index is 231. The van der Waals surface area contributed by atoms with E-state index in [1.807, 2.05) is 14.0 Å². The van der Waals surface area contributed by atoms with Gasteiger partial charge in [0.25, 0.3) is 0 Å². The summed E-state index contributed by atoms with van der Waals surface area (Å²) < 4.78 is 4.89. The quantitative estimate of drug-likeness (QED) is 0.657. The van der Waals surface area contributed by atoms with Crippen molar-refractivity contribution in [1.82, 2.24) is 10.2 Å². The molecule has 0 bridgehead atoms. The van der Waals surface area contributed by atoms with Crippen LogP contribution < -0.4 is 5.32 Å². The van der Waals surface area contributed by atoms with Gasteiger partial charge in [0, 0.05) is 13.1 Å². The van der Waals surface area contributed by atoms with Gasteiger partial charge in [0.15, 0.2) is 0 Å². The molecular formula is C13H28N2O2. The summed E-state index contributed by atoms with van der Waals surface area (Å²) in [4.78, 5) is 14.0. The normalized spacial score (nSPS) is 15.1. The largest absolute Gasteiger partial charge is 0.468 e.